The minimum Gasteiger partial charge on any atom is -0.314 e. The quantitative estimate of drug-likeness (QED) is 0.616. The molecule has 0 bridgehead atoms. The monoisotopic (exact) mass is 195 g/mol. The molecule has 0 amide bonds. The molecule has 0 aliphatic carbocycles. The molecule has 74 valence electrons. The smallest absolute Gasteiger partial charge is 0.0906 e. The third-order valence-electron chi connectivity index (χ3n) is 1.64. The second-order valence-electron chi connectivity index (χ2n) is 2.96. The van der Waals surface area contributed by atoms with Gasteiger partial charge >= 0.3 is 0 Å². The zero-order valence-corrected chi connectivity index (χ0v) is 8.62. The summed E-state index contributed by atoms with van der Waals surface area (Å²) in [5.41, 5.74) is 0. The maximum atomic E-state index is 11.7. The van der Waals surface area contributed by atoms with Crippen molar-refractivity contribution in [3.63, 3.8) is 0 Å². The van der Waals surface area contributed by atoms with Gasteiger partial charge in [0.25, 0.3) is 0 Å². The normalized spacial score (nSPS) is 15.9. The highest BCUT2D eigenvalue weighted by molar-refractivity contribution is 7.84. The summed E-state index contributed by atoms with van der Waals surface area (Å²) in [5.74, 6) is 0.726. The van der Waals surface area contributed by atoms with E-state index >= 15 is 0 Å². The fourth-order valence-corrected chi connectivity index (χ4v) is 1.55. The summed E-state index contributed by atoms with van der Waals surface area (Å²) >= 11 is 0. The summed E-state index contributed by atoms with van der Waals surface area (Å²) in [6, 6.07) is 0.348. The first-order chi connectivity index (χ1) is 5.66. The van der Waals surface area contributed by atoms with Crippen molar-refractivity contribution in [3.05, 3.63) is 0 Å². The molecule has 0 fully saturated rings. The molecule has 12 heavy (non-hydrogen) atoms. The average Bonchev–Trinajstić information content (AvgIpc) is 2.01. The molecule has 0 radical (unpaired) electrons. The molecule has 0 heterocycles. The number of halogens is 1. The predicted molar refractivity (Wildman–Crippen MR) is 51.6 cm³/mol. The third kappa shape index (κ3) is 8.14. The Morgan fingerprint density at radius 1 is 1.58 bits per heavy atom. The number of alkyl halides is 1. The number of rotatable bonds is 7. The Hall–Kier alpha value is 0.0400. The maximum absolute atomic E-state index is 11.7. The molecule has 1 N–H and O–H groups in total. The van der Waals surface area contributed by atoms with E-state index in [1.165, 1.54) is 0 Å². The van der Waals surface area contributed by atoms with Gasteiger partial charge < -0.3 is 5.32 Å². The lowest BCUT2D eigenvalue weighted by Crippen LogP contribution is -2.28. The summed E-state index contributed by atoms with van der Waals surface area (Å²) in [6.45, 7) is 2.48. The van der Waals surface area contributed by atoms with Gasteiger partial charge in [0, 0.05) is 28.9 Å². The molecule has 0 rings (SSSR count). The molecular formula is C8H18FNOS. The van der Waals surface area contributed by atoms with Crippen LogP contribution in [0.4, 0.5) is 4.39 Å². The number of hydrogen-bond donors (Lipinski definition) is 1. The molecule has 0 saturated carbocycles. The van der Waals surface area contributed by atoms with Gasteiger partial charge in [0.2, 0.25) is 0 Å². The lowest BCUT2D eigenvalue weighted by Gasteiger charge is -2.11. The molecule has 4 heteroatoms. The van der Waals surface area contributed by atoms with E-state index in [2.05, 4.69) is 5.32 Å². The van der Waals surface area contributed by atoms with Crippen LogP contribution in [0.5, 0.6) is 0 Å². The van der Waals surface area contributed by atoms with Crippen molar-refractivity contribution in [1.29, 1.82) is 0 Å². The molecule has 2 unspecified atom stereocenters. The van der Waals surface area contributed by atoms with Crippen molar-refractivity contribution < 1.29 is 8.60 Å². The van der Waals surface area contributed by atoms with Crippen LogP contribution < -0.4 is 5.32 Å². The van der Waals surface area contributed by atoms with E-state index in [9.17, 15) is 8.60 Å². The minimum atomic E-state index is -0.708. The molecule has 2 atom stereocenters. The highest BCUT2D eigenvalue weighted by atomic mass is 32.2. The summed E-state index contributed by atoms with van der Waals surface area (Å²) in [6.07, 6.45) is 3.17. The lowest BCUT2D eigenvalue weighted by molar-refractivity contribution is 0.440. The van der Waals surface area contributed by atoms with Crippen molar-refractivity contribution in [1.82, 2.24) is 5.32 Å². The first-order valence-electron chi connectivity index (χ1n) is 4.26. The first kappa shape index (κ1) is 12.0. The average molecular weight is 195 g/mol. The van der Waals surface area contributed by atoms with Gasteiger partial charge in [0.15, 0.2) is 0 Å². The van der Waals surface area contributed by atoms with Crippen LogP contribution >= 0.6 is 0 Å². The van der Waals surface area contributed by atoms with Crippen LogP contribution in [0.15, 0.2) is 0 Å². The largest absolute Gasteiger partial charge is 0.314 e. The summed E-state index contributed by atoms with van der Waals surface area (Å²) in [7, 11) is -0.708. The van der Waals surface area contributed by atoms with E-state index in [4.69, 9.17) is 0 Å². The standard InChI is InChI=1S/C8H18FNOS/c1-8(4-7-12(2)11)10-6-3-5-9/h8,10H,3-7H2,1-2H3. The van der Waals surface area contributed by atoms with Crippen LogP contribution in [0.2, 0.25) is 0 Å². The van der Waals surface area contributed by atoms with Gasteiger partial charge in [-0.25, -0.2) is 0 Å². The maximum Gasteiger partial charge on any atom is 0.0906 e. The van der Waals surface area contributed by atoms with Crippen molar-refractivity contribution in [3.8, 4) is 0 Å². The van der Waals surface area contributed by atoms with Gasteiger partial charge in [-0.3, -0.25) is 8.60 Å². The summed E-state index contributed by atoms with van der Waals surface area (Å²) in [5, 5.41) is 3.16. The number of hydrogen-bond acceptors (Lipinski definition) is 2. The molecule has 0 aromatic carbocycles. The molecular weight excluding hydrogens is 177 g/mol. The van der Waals surface area contributed by atoms with Gasteiger partial charge in [-0.05, 0) is 26.3 Å². The van der Waals surface area contributed by atoms with Gasteiger partial charge in [-0.1, -0.05) is 0 Å². The van der Waals surface area contributed by atoms with Crippen molar-refractivity contribution >= 4 is 10.8 Å². The van der Waals surface area contributed by atoms with E-state index < -0.39 is 10.8 Å². The highest BCUT2D eigenvalue weighted by Crippen LogP contribution is 1.92. The summed E-state index contributed by atoms with van der Waals surface area (Å²) < 4.78 is 22.4. The second-order valence-corrected chi connectivity index (χ2v) is 4.52. The third-order valence-corrected chi connectivity index (χ3v) is 2.45. The second kappa shape index (κ2) is 7.68. The van der Waals surface area contributed by atoms with Crippen LogP contribution in [-0.4, -0.2) is 35.5 Å². The van der Waals surface area contributed by atoms with Crippen molar-refractivity contribution in [2.45, 2.75) is 25.8 Å². The fraction of sp³-hybridized carbons (Fsp3) is 1.00. The van der Waals surface area contributed by atoms with Crippen molar-refractivity contribution in [2.24, 2.45) is 0 Å². The van der Waals surface area contributed by atoms with Crippen molar-refractivity contribution in [2.75, 3.05) is 25.2 Å². The van der Waals surface area contributed by atoms with E-state index in [1.807, 2.05) is 6.92 Å². The zero-order valence-electron chi connectivity index (χ0n) is 7.81. The van der Waals surface area contributed by atoms with Crippen LogP contribution in [0, 0.1) is 0 Å². The highest BCUT2D eigenvalue weighted by Gasteiger charge is 2.01. The van der Waals surface area contributed by atoms with Gasteiger partial charge in [-0.2, -0.15) is 0 Å². The summed E-state index contributed by atoms with van der Waals surface area (Å²) in [4.78, 5) is 0. The van der Waals surface area contributed by atoms with Crippen LogP contribution in [0.3, 0.4) is 0 Å². The molecule has 0 spiro atoms. The van der Waals surface area contributed by atoms with Crippen LogP contribution in [0.1, 0.15) is 19.8 Å². The van der Waals surface area contributed by atoms with Crippen LogP contribution in [-0.2, 0) is 10.8 Å². The first-order valence-corrected chi connectivity index (χ1v) is 5.99. The number of nitrogens with one attached hydrogen (secondary N) is 1. The fourth-order valence-electron chi connectivity index (χ4n) is 0.860. The Morgan fingerprint density at radius 2 is 2.25 bits per heavy atom. The molecule has 0 aromatic rings. The molecule has 0 aliphatic heterocycles. The van der Waals surface area contributed by atoms with E-state index in [0.717, 1.165) is 12.2 Å². The molecule has 0 aliphatic rings. The Kier molecular flexibility index (Phi) is 7.70. The molecule has 0 saturated heterocycles. The Morgan fingerprint density at radius 3 is 2.75 bits per heavy atom. The van der Waals surface area contributed by atoms with E-state index in [0.29, 0.717) is 19.0 Å². The van der Waals surface area contributed by atoms with E-state index in [-0.39, 0.29) is 6.67 Å². The zero-order chi connectivity index (χ0) is 9.40. The minimum absolute atomic E-state index is 0.264. The lowest BCUT2D eigenvalue weighted by atomic mass is 10.2. The van der Waals surface area contributed by atoms with Crippen LogP contribution in [0.25, 0.3) is 0 Å². The molecule has 0 aromatic heterocycles. The van der Waals surface area contributed by atoms with Gasteiger partial charge in [-0.15, -0.1) is 0 Å². The Balaban J connectivity index is 3.21. The molecule has 2 nitrogen and oxygen atoms in total. The predicted octanol–water partition coefficient (Wildman–Crippen LogP) is 1.09. The SMILES string of the molecule is CC(CCS(C)=O)NCCCF. The Bertz CT molecular complexity index is 132. The van der Waals surface area contributed by atoms with Gasteiger partial charge in [0.1, 0.15) is 0 Å². The van der Waals surface area contributed by atoms with Gasteiger partial charge in [0.05, 0.1) is 6.67 Å². The van der Waals surface area contributed by atoms with E-state index in [1.54, 1.807) is 6.26 Å². The topological polar surface area (TPSA) is 29.1 Å². The Labute approximate surface area is 76.4 Å².